The zero-order valence-electron chi connectivity index (χ0n) is 13.5. The second-order valence-electron chi connectivity index (χ2n) is 6.34. The fourth-order valence-corrected chi connectivity index (χ4v) is 2.11. The topological polar surface area (TPSA) is 41.6 Å². The number of hydrogen-bond acceptors (Lipinski definition) is 3. The molecule has 0 saturated heterocycles. The number of anilines is 1. The first-order valence-electron chi connectivity index (χ1n) is 7.10. The Morgan fingerprint density at radius 3 is 2.52 bits per heavy atom. The first-order chi connectivity index (χ1) is 9.67. The molecule has 118 valence electrons. The molecule has 0 unspecified atom stereocenters. The maximum Gasteiger partial charge on any atom is 0.412 e. The Morgan fingerprint density at radius 2 is 2.00 bits per heavy atom. The van der Waals surface area contributed by atoms with Crippen LogP contribution in [0, 0.1) is 0 Å². The summed E-state index contributed by atoms with van der Waals surface area (Å²) in [7, 11) is 4.10. The summed E-state index contributed by atoms with van der Waals surface area (Å²) in [5.74, 6) is 0. The normalized spacial score (nSPS) is 11.6. The zero-order valence-corrected chi connectivity index (χ0v) is 14.3. The highest BCUT2D eigenvalue weighted by molar-refractivity contribution is 6.31. The number of ether oxygens (including phenoxy) is 1. The molecule has 0 radical (unpaired) electrons. The van der Waals surface area contributed by atoms with Crippen LogP contribution < -0.4 is 5.32 Å². The maximum absolute atomic E-state index is 11.7. The third kappa shape index (κ3) is 7.34. The van der Waals surface area contributed by atoms with E-state index in [1.54, 1.807) is 6.07 Å². The molecule has 0 aliphatic heterocycles. The van der Waals surface area contributed by atoms with Crippen LogP contribution in [0.5, 0.6) is 0 Å². The summed E-state index contributed by atoms with van der Waals surface area (Å²) in [6.07, 6.45) is 1.49. The Bertz CT molecular complexity index is 482. The number of carbonyl (C=O) groups is 1. The van der Waals surface area contributed by atoms with Crippen molar-refractivity contribution in [1.29, 1.82) is 0 Å². The summed E-state index contributed by atoms with van der Waals surface area (Å²) < 4.78 is 5.20. The standard InChI is InChI=1S/C16H25ClN2O2/c1-16(2,3)21-15(20)18-13-9-8-12(14(17)11-13)7-6-10-19(4)5/h8-9,11H,6-7,10H2,1-5H3,(H,18,20). The van der Waals surface area contributed by atoms with Crippen LogP contribution in [-0.2, 0) is 11.2 Å². The first kappa shape index (κ1) is 17.8. The van der Waals surface area contributed by atoms with Gasteiger partial charge in [-0.05, 0) is 71.9 Å². The molecule has 1 N–H and O–H groups in total. The molecule has 21 heavy (non-hydrogen) atoms. The minimum absolute atomic E-state index is 0.473. The molecule has 0 heterocycles. The Kier molecular flexibility index (Phi) is 6.49. The van der Waals surface area contributed by atoms with Gasteiger partial charge in [0.05, 0.1) is 0 Å². The third-order valence-electron chi connectivity index (χ3n) is 2.75. The number of nitrogens with zero attached hydrogens (tertiary/aromatic N) is 1. The van der Waals surface area contributed by atoms with Crippen molar-refractivity contribution in [3.05, 3.63) is 28.8 Å². The average Bonchev–Trinajstić information content (AvgIpc) is 2.28. The average molecular weight is 313 g/mol. The van der Waals surface area contributed by atoms with Gasteiger partial charge in [0, 0.05) is 10.7 Å². The van der Waals surface area contributed by atoms with Crippen molar-refractivity contribution in [2.45, 2.75) is 39.2 Å². The molecule has 0 fully saturated rings. The van der Waals surface area contributed by atoms with E-state index in [0.29, 0.717) is 10.7 Å². The van der Waals surface area contributed by atoms with Gasteiger partial charge in [-0.15, -0.1) is 0 Å². The van der Waals surface area contributed by atoms with Gasteiger partial charge in [0.15, 0.2) is 0 Å². The molecule has 4 nitrogen and oxygen atoms in total. The Labute approximate surface area is 132 Å². The van der Waals surface area contributed by atoms with Gasteiger partial charge in [0.1, 0.15) is 5.60 Å². The summed E-state index contributed by atoms with van der Waals surface area (Å²) in [5.41, 5.74) is 1.22. The molecule has 1 aromatic rings. The molecule has 0 spiro atoms. The van der Waals surface area contributed by atoms with E-state index < -0.39 is 11.7 Å². The van der Waals surface area contributed by atoms with E-state index >= 15 is 0 Å². The van der Waals surface area contributed by atoms with Crippen LogP contribution in [0.2, 0.25) is 5.02 Å². The number of aryl methyl sites for hydroxylation is 1. The van der Waals surface area contributed by atoms with Crippen molar-refractivity contribution in [2.24, 2.45) is 0 Å². The second-order valence-corrected chi connectivity index (χ2v) is 6.75. The van der Waals surface area contributed by atoms with E-state index in [2.05, 4.69) is 24.3 Å². The van der Waals surface area contributed by atoms with Crippen LogP contribution in [0.3, 0.4) is 0 Å². The maximum atomic E-state index is 11.7. The number of nitrogens with one attached hydrogen (secondary N) is 1. The highest BCUT2D eigenvalue weighted by Gasteiger charge is 2.16. The van der Waals surface area contributed by atoms with Crippen molar-refractivity contribution in [3.8, 4) is 0 Å². The molecule has 0 aliphatic rings. The first-order valence-corrected chi connectivity index (χ1v) is 7.48. The number of carbonyl (C=O) groups excluding carboxylic acids is 1. The van der Waals surface area contributed by atoms with E-state index in [0.717, 1.165) is 24.9 Å². The van der Waals surface area contributed by atoms with Gasteiger partial charge in [-0.3, -0.25) is 5.32 Å². The predicted molar refractivity (Wildman–Crippen MR) is 88.2 cm³/mol. The monoisotopic (exact) mass is 312 g/mol. The molecule has 0 aromatic heterocycles. The Balaban J connectivity index is 2.59. The summed E-state index contributed by atoms with van der Waals surface area (Å²) in [6.45, 7) is 6.50. The molecular formula is C16H25ClN2O2. The van der Waals surface area contributed by atoms with Crippen LogP contribution in [-0.4, -0.2) is 37.2 Å². The van der Waals surface area contributed by atoms with Gasteiger partial charge in [0.25, 0.3) is 0 Å². The molecule has 0 saturated carbocycles. The molecule has 0 atom stereocenters. The van der Waals surface area contributed by atoms with Crippen LogP contribution >= 0.6 is 11.6 Å². The third-order valence-corrected chi connectivity index (χ3v) is 3.10. The fourth-order valence-electron chi connectivity index (χ4n) is 1.84. The highest BCUT2D eigenvalue weighted by Crippen LogP contribution is 2.23. The smallest absolute Gasteiger partial charge is 0.412 e. The molecule has 1 amide bonds. The minimum atomic E-state index is -0.514. The van der Waals surface area contributed by atoms with Crippen LogP contribution in [0.25, 0.3) is 0 Å². The lowest BCUT2D eigenvalue weighted by Gasteiger charge is -2.19. The van der Waals surface area contributed by atoms with E-state index in [-0.39, 0.29) is 0 Å². The van der Waals surface area contributed by atoms with Crippen molar-refractivity contribution >= 4 is 23.4 Å². The van der Waals surface area contributed by atoms with Crippen LogP contribution in [0.15, 0.2) is 18.2 Å². The van der Waals surface area contributed by atoms with Gasteiger partial charge in [-0.1, -0.05) is 17.7 Å². The second kappa shape index (κ2) is 7.66. The van der Waals surface area contributed by atoms with E-state index in [1.165, 1.54) is 0 Å². The number of benzene rings is 1. The van der Waals surface area contributed by atoms with Crippen LogP contribution in [0.1, 0.15) is 32.8 Å². The van der Waals surface area contributed by atoms with Crippen molar-refractivity contribution in [3.63, 3.8) is 0 Å². The van der Waals surface area contributed by atoms with E-state index in [9.17, 15) is 4.79 Å². The molecule has 0 aliphatic carbocycles. The molecule has 1 aromatic carbocycles. The largest absolute Gasteiger partial charge is 0.444 e. The van der Waals surface area contributed by atoms with Crippen molar-refractivity contribution in [1.82, 2.24) is 4.90 Å². The number of halogens is 1. The number of hydrogen-bond donors (Lipinski definition) is 1. The van der Waals surface area contributed by atoms with Crippen molar-refractivity contribution < 1.29 is 9.53 Å². The van der Waals surface area contributed by atoms with Gasteiger partial charge >= 0.3 is 6.09 Å². The number of rotatable bonds is 5. The summed E-state index contributed by atoms with van der Waals surface area (Å²) >= 11 is 6.26. The molecular weight excluding hydrogens is 288 g/mol. The quantitative estimate of drug-likeness (QED) is 0.886. The predicted octanol–water partition coefficient (Wildman–Crippen LogP) is 4.18. The zero-order chi connectivity index (χ0) is 16.0. The lowest BCUT2D eigenvalue weighted by Crippen LogP contribution is -2.27. The molecule has 0 bridgehead atoms. The van der Waals surface area contributed by atoms with E-state index in [4.69, 9.17) is 16.3 Å². The van der Waals surface area contributed by atoms with Gasteiger partial charge in [-0.2, -0.15) is 0 Å². The van der Waals surface area contributed by atoms with Gasteiger partial charge in [-0.25, -0.2) is 4.79 Å². The van der Waals surface area contributed by atoms with E-state index in [1.807, 2.05) is 32.9 Å². The number of amides is 1. The highest BCUT2D eigenvalue weighted by atomic mass is 35.5. The molecule has 5 heteroatoms. The SMILES string of the molecule is CN(C)CCCc1ccc(NC(=O)OC(C)(C)C)cc1Cl. The van der Waals surface area contributed by atoms with Gasteiger partial charge in [0.2, 0.25) is 0 Å². The summed E-state index contributed by atoms with van der Waals surface area (Å²) in [5, 5.41) is 3.36. The summed E-state index contributed by atoms with van der Waals surface area (Å²) in [4.78, 5) is 13.8. The Hall–Kier alpha value is -1.26. The fraction of sp³-hybridized carbons (Fsp3) is 0.562. The molecule has 1 rings (SSSR count). The summed E-state index contributed by atoms with van der Waals surface area (Å²) in [6, 6.07) is 5.56. The van der Waals surface area contributed by atoms with Gasteiger partial charge < -0.3 is 9.64 Å². The Morgan fingerprint density at radius 1 is 1.33 bits per heavy atom. The lowest BCUT2D eigenvalue weighted by molar-refractivity contribution is 0.0636. The van der Waals surface area contributed by atoms with Crippen LogP contribution in [0.4, 0.5) is 10.5 Å². The minimum Gasteiger partial charge on any atom is -0.444 e. The lowest BCUT2D eigenvalue weighted by atomic mass is 10.1. The van der Waals surface area contributed by atoms with Crippen molar-refractivity contribution in [2.75, 3.05) is 26.0 Å².